The molecule has 0 saturated heterocycles. The van der Waals surface area contributed by atoms with Crippen LogP contribution in [0.15, 0.2) is 6.20 Å². The van der Waals surface area contributed by atoms with Crippen molar-refractivity contribution in [2.24, 2.45) is 0 Å². The minimum absolute atomic E-state index is 0.310. The summed E-state index contributed by atoms with van der Waals surface area (Å²) in [5.41, 5.74) is 1.39. The molecule has 0 radical (unpaired) electrons. The monoisotopic (exact) mass is 264 g/mol. The molecule has 2 rings (SSSR count). The highest BCUT2D eigenvalue weighted by Crippen LogP contribution is 2.23. The summed E-state index contributed by atoms with van der Waals surface area (Å²) in [6.07, 6.45) is 1.46. The van der Waals surface area contributed by atoms with Crippen molar-refractivity contribution in [1.29, 1.82) is 0 Å². The van der Waals surface area contributed by atoms with Crippen LogP contribution in [0.25, 0.3) is 0 Å². The van der Waals surface area contributed by atoms with Gasteiger partial charge in [-0.25, -0.2) is 14.8 Å². The molecule has 0 bridgehead atoms. The molecule has 6 nitrogen and oxygen atoms in total. The Morgan fingerprint density at radius 1 is 1.47 bits per heavy atom. The largest absolute Gasteiger partial charge is 0.444 e. The molecule has 2 heterocycles. The van der Waals surface area contributed by atoms with Crippen LogP contribution in [0.1, 0.15) is 39.0 Å². The van der Waals surface area contributed by atoms with Gasteiger partial charge in [0.15, 0.2) is 0 Å². The van der Waals surface area contributed by atoms with E-state index < -0.39 is 5.60 Å². The van der Waals surface area contributed by atoms with Gasteiger partial charge in [-0.2, -0.15) is 0 Å². The van der Waals surface area contributed by atoms with Crippen molar-refractivity contribution < 1.29 is 9.53 Å². The van der Waals surface area contributed by atoms with Gasteiger partial charge in [-0.15, -0.1) is 0 Å². The van der Waals surface area contributed by atoms with E-state index in [0.29, 0.717) is 19.0 Å². The molecular weight excluding hydrogens is 244 g/mol. The molecule has 1 N–H and O–H groups in total. The van der Waals surface area contributed by atoms with Crippen molar-refractivity contribution in [3.63, 3.8) is 0 Å². The molecule has 19 heavy (non-hydrogen) atoms. The highest BCUT2D eigenvalue weighted by Gasteiger charge is 2.28. The van der Waals surface area contributed by atoms with Gasteiger partial charge < -0.3 is 10.1 Å². The molecule has 0 aliphatic carbocycles. The van der Waals surface area contributed by atoms with E-state index >= 15 is 0 Å². The average molecular weight is 264 g/mol. The number of hydrogen-bond donors (Lipinski definition) is 1. The van der Waals surface area contributed by atoms with E-state index in [9.17, 15) is 4.79 Å². The van der Waals surface area contributed by atoms with E-state index in [1.54, 1.807) is 11.1 Å². The van der Waals surface area contributed by atoms with Gasteiger partial charge in [-0.3, -0.25) is 4.90 Å². The Balaban J connectivity index is 2.05. The van der Waals surface area contributed by atoms with Crippen molar-refractivity contribution in [2.45, 2.75) is 46.4 Å². The van der Waals surface area contributed by atoms with Crippen LogP contribution in [0.5, 0.6) is 0 Å². The number of ether oxygens (including phenoxy) is 1. The molecule has 0 spiro atoms. The molecule has 104 valence electrons. The zero-order valence-electron chi connectivity index (χ0n) is 11.9. The second-order valence-corrected chi connectivity index (χ2v) is 5.53. The van der Waals surface area contributed by atoms with E-state index in [2.05, 4.69) is 15.3 Å². The van der Waals surface area contributed by atoms with Gasteiger partial charge in [0.1, 0.15) is 5.60 Å². The summed E-state index contributed by atoms with van der Waals surface area (Å²) in [7, 11) is 0. The zero-order valence-corrected chi connectivity index (χ0v) is 11.9. The lowest BCUT2D eigenvalue weighted by molar-refractivity contribution is 0.0240. The third-order valence-corrected chi connectivity index (χ3v) is 2.64. The van der Waals surface area contributed by atoms with Crippen LogP contribution >= 0.6 is 0 Å². The van der Waals surface area contributed by atoms with Gasteiger partial charge in [-0.1, -0.05) is 0 Å². The lowest BCUT2D eigenvalue weighted by Gasteiger charge is -2.23. The number of amides is 1. The van der Waals surface area contributed by atoms with E-state index in [-0.39, 0.29) is 6.09 Å². The fraction of sp³-hybridized carbons (Fsp3) is 0.615. The SMILES string of the molecule is CCNc1ncc2c(n1)CN(C(=O)OC(C)(C)C)C2. The van der Waals surface area contributed by atoms with Crippen molar-refractivity contribution in [2.75, 3.05) is 11.9 Å². The van der Waals surface area contributed by atoms with Crippen LogP contribution in [0.3, 0.4) is 0 Å². The number of carbonyl (C=O) groups is 1. The lowest BCUT2D eigenvalue weighted by atomic mass is 10.2. The molecule has 6 heteroatoms. The third kappa shape index (κ3) is 3.33. The minimum atomic E-state index is -0.480. The van der Waals surface area contributed by atoms with Crippen molar-refractivity contribution in [3.05, 3.63) is 17.5 Å². The van der Waals surface area contributed by atoms with Crippen LogP contribution in [0, 0.1) is 0 Å². The number of hydrogen-bond acceptors (Lipinski definition) is 5. The number of rotatable bonds is 2. The first kappa shape index (κ1) is 13.6. The maximum Gasteiger partial charge on any atom is 0.410 e. The van der Waals surface area contributed by atoms with E-state index in [1.165, 1.54) is 0 Å². The summed E-state index contributed by atoms with van der Waals surface area (Å²) >= 11 is 0. The molecule has 1 amide bonds. The van der Waals surface area contributed by atoms with Crippen LogP contribution in [0.4, 0.5) is 10.7 Å². The minimum Gasteiger partial charge on any atom is -0.444 e. The van der Waals surface area contributed by atoms with Gasteiger partial charge >= 0.3 is 6.09 Å². The Morgan fingerprint density at radius 3 is 2.84 bits per heavy atom. The van der Waals surface area contributed by atoms with Gasteiger partial charge in [-0.05, 0) is 27.7 Å². The van der Waals surface area contributed by atoms with Gasteiger partial charge in [0.25, 0.3) is 0 Å². The summed E-state index contributed by atoms with van der Waals surface area (Å²) in [6, 6.07) is 0. The van der Waals surface area contributed by atoms with E-state index in [0.717, 1.165) is 17.8 Å². The normalized spacial score (nSPS) is 14.2. The molecular formula is C13H20N4O2. The fourth-order valence-corrected chi connectivity index (χ4v) is 1.85. The summed E-state index contributed by atoms with van der Waals surface area (Å²) < 4.78 is 5.35. The molecule has 1 aromatic rings. The molecule has 1 aliphatic rings. The van der Waals surface area contributed by atoms with Gasteiger partial charge in [0, 0.05) is 18.3 Å². The highest BCUT2D eigenvalue weighted by atomic mass is 16.6. The molecule has 0 unspecified atom stereocenters. The Bertz CT molecular complexity index is 482. The summed E-state index contributed by atoms with van der Waals surface area (Å²) in [5, 5.41) is 3.06. The Hall–Kier alpha value is -1.85. The first-order valence-corrected chi connectivity index (χ1v) is 6.45. The highest BCUT2D eigenvalue weighted by molar-refractivity contribution is 5.69. The molecule has 1 aromatic heterocycles. The quantitative estimate of drug-likeness (QED) is 0.886. The third-order valence-electron chi connectivity index (χ3n) is 2.64. The van der Waals surface area contributed by atoms with E-state index in [1.807, 2.05) is 27.7 Å². The number of aromatic nitrogens is 2. The molecule has 0 atom stereocenters. The number of nitrogens with one attached hydrogen (secondary N) is 1. The van der Waals surface area contributed by atoms with Crippen LogP contribution in [0.2, 0.25) is 0 Å². The topological polar surface area (TPSA) is 67.4 Å². The predicted molar refractivity (Wildman–Crippen MR) is 71.7 cm³/mol. The zero-order chi connectivity index (χ0) is 14.0. The van der Waals surface area contributed by atoms with Gasteiger partial charge in [0.2, 0.25) is 5.95 Å². The molecule has 1 aliphatic heterocycles. The Labute approximate surface area is 113 Å². The number of nitrogens with zero attached hydrogens (tertiary/aromatic N) is 3. The molecule has 0 saturated carbocycles. The summed E-state index contributed by atoms with van der Waals surface area (Å²) in [4.78, 5) is 22.2. The van der Waals surface area contributed by atoms with Crippen LogP contribution in [-0.2, 0) is 17.8 Å². The van der Waals surface area contributed by atoms with Crippen molar-refractivity contribution in [3.8, 4) is 0 Å². The first-order valence-electron chi connectivity index (χ1n) is 6.45. The number of fused-ring (bicyclic) bond motifs is 1. The molecule has 0 fully saturated rings. The lowest BCUT2D eigenvalue weighted by Crippen LogP contribution is -2.33. The van der Waals surface area contributed by atoms with Gasteiger partial charge in [0.05, 0.1) is 18.8 Å². The maximum absolute atomic E-state index is 12.0. The van der Waals surface area contributed by atoms with Crippen LogP contribution in [-0.4, -0.2) is 33.1 Å². The smallest absolute Gasteiger partial charge is 0.410 e. The first-order chi connectivity index (χ1) is 8.89. The van der Waals surface area contributed by atoms with Crippen molar-refractivity contribution >= 4 is 12.0 Å². The summed E-state index contributed by atoms with van der Waals surface area (Å²) in [6.45, 7) is 9.32. The van der Waals surface area contributed by atoms with E-state index in [4.69, 9.17) is 4.74 Å². The Morgan fingerprint density at radius 2 is 2.21 bits per heavy atom. The van der Waals surface area contributed by atoms with Crippen molar-refractivity contribution in [1.82, 2.24) is 14.9 Å². The second-order valence-electron chi connectivity index (χ2n) is 5.53. The summed E-state index contributed by atoms with van der Waals surface area (Å²) in [5.74, 6) is 0.604. The molecule has 0 aromatic carbocycles. The average Bonchev–Trinajstić information content (AvgIpc) is 2.70. The Kier molecular flexibility index (Phi) is 3.59. The standard InChI is InChI=1S/C13H20N4O2/c1-5-14-11-15-6-9-7-17(8-10(9)16-11)12(18)19-13(2,3)4/h6H,5,7-8H2,1-4H3,(H,14,15,16). The number of anilines is 1. The fourth-order valence-electron chi connectivity index (χ4n) is 1.85. The maximum atomic E-state index is 12.0. The number of carbonyl (C=O) groups excluding carboxylic acids is 1. The predicted octanol–water partition coefficient (Wildman–Crippen LogP) is 2.16. The second kappa shape index (κ2) is 5.03. The van der Waals surface area contributed by atoms with Crippen LogP contribution < -0.4 is 5.32 Å².